The minimum Gasteiger partial charge on any atom is -0.353 e. The van der Waals surface area contributed by atoms with Crippen molar-refractivity contribution in [2.75, 3.05) is 32.7 Å². The molecule has 4 amide bonds. The van der Waals surface area contributed by atoms with Gasteiger partial charge in [-0.15, -0.1) is 0 Å². The lowest BCUT2D eigenvalue weighted by Crippen LogP contribution is -2.56. The molecule has 0 unspecified atom stereocenters. The second-order valence-corrected chi connectivity index (χ2v) is 9.92. The predicted molar refractivity (Wildman–Crippen MR) is 156 cm³/mol. The maximum atomic E-state index is 13.6. The third-order valence-electron chi connectivity index (χ3n) is 7.14. The summed E-state index contributed by atoms with van der Waals surface area (Å²) in [5.41, 5.74) is 1.53. The number of piperazine rings is 1. The molecule has 4 rings (SSSR count). The smallest absolute Gasteiger partial charge is 0.254 e. The van der Waals surface area contributed by atoms with E-state index in [-0.39, 0.29) is 30.0 Å². The fourth-order valence-corrected chi connectivity index (χ4v) is 4.97. The SMILES string of the molecule is C=CC(=O)NCCCC[C@H](NC(=O)Cc1ccccc1)C(=O)N1CCN(C(=O)c2cccc3ccccc23)CC1. The topological polar surface area (TPSA) is 98.8 Å². The molecule has 8 heteroatoms. The maximum absolute atomic E-state index is 13.6. The lowest BCUT2D eigenvalue weighted by molar-refractivity contribution is -0.137. The van der Waals surface area contributed by atoms with Gasteiger partial charge in [0.05, 0.1) is 6.42 Å². The molecule has 1 saturated heterocycles. The van der Waals surface area contributed by atoms with Crippen LogP contribution in [0.25, 0.3) is 10.8 Å². The Hall–Kier alpha value is -4.46. The summed E-state index contributed by atoms with van der Waals surface area (Å²) in [5.74, 6) is -0.638. The van der Waals surface area contributed by atoms with E-state index in [1.54, 1.807) is 9.80 Å². The van der Waals surface area contributed by atoms with Crippen molar-refractivity contribution in [1.29, 1.82) is 0 Å². The van der Waals surface area contributed by atoms with E-state index in [2.05, 4.69) is 17.2 Å². The Morgan fingerprint density at radius 3 is 2.25 bits per heavy atom. The van der Waals surface area contributed by atoms with E-state index >= 15 is 0 Å². The van der Waals surface area contributed by atoms with E-state index in [1.807, 2.05) is 72.8 Å². The van der Waals surface area contributed by atoms with E-state index in [9.17, 15) is 19.2 Å². The Labute approximate surface area is 235 Å². The summed E-state index contributed by atoms with van der Waals surface area (Å²) < 4.78 is 0. The number of fused-ring (bicyclic) bond motifs is 1. The van der Waals surface area contributed by atoms with Crippen LogP contribution in [0.3, 0.4) is 0 Å². The summed E-state index contributed by atoms with van der Waals surface area (Å²) in [6.45, 7) is 5.56. The van der Waals surface area contributed by atoms with Gasteiger partial charge in [0, 0.05) is 38.3 Å². The van der Waals surface area contributed by atoms with Crippen LogP contribution in [0.1, 0.15) is 35.2 Å². The van der Waals surface area contributed by atoms with Crippen LogP contribution in [0.2, 0.25) is 0 Å². The highest BCUT2D eigenvalue weighted by Crippen LogP contribution is 2.21. The molecule has 1 fully saturated rings. The van der Waals surface area contributed by atoms with Gasteiger partial charge in [-0.05, 0) is 47.7 Å². The van der Waals surface area contributed by atoms with Crippen LogP contribution in [0.15, 0.2) is 85.5 Å². The van der Waals surface area contributed by atoms with Crippen LogP contribution in [-0.4, -0.2) is 72.2 Å². The molecule has 1 heterocycles. The number of hydrogen-bond donors (Lipinski definition) is 2. The zero-order valence-corrected chi connectivity index (χ0v) is 22.7. The lowest BCUT2D eigenvalue weighted by atomic mass is 10.0. The number of hydrogen-bond acceptors (Lipinski definition) is 4. The molecule has 0 aliphatic carbocycles. The minimum absolute atomic E-state index is 0.0433. The van der Waals surface area contributed by atoms with Crippen molar-refractivity contribution in [1.82, 2.24) is 20.4 Å². The molecule has 208 valence electrons. The number of carbonyl (C=O) groups is 4. The number of unbranched alkanes of at least 4 members (excludes halogenated alkanes) is 1. The third-order valence-corrected chi connectivity index (χ3v) is 7.14. The van der Waals surface area contributed by atoms with Crippen LogP contribution in [0.5, 0.6) is 0 Å². The quantitative estimate of drug-likeness (QED) is 0.288. The molecular weight excluding hydrogens is 504 g/mol. The predicted octanol–water partition coefficient (Wildman–Crippen LogP) is 3.32. The molecule has 2 N–H and O–H groups in total. The number of rotatable bonds is 11. The molecule has 40 heavy (non-hydrogen) atoms. The second-order valence-electron chi connectivity index (χ2n) is 9.92. The standard InChI is InChI=1S/C32H36N4O4/c1-2-29(37)33-18-9-8-17-28(34-30(38)23-24-11-4-3-5-12-24)32(40)36-21-19-35(20-22-36)31(39)27-16-10-14-25-13-6-7-15-26(25)27/h2-7,10-16,28H,1,8-9,17-23H2,(H,33,37)(H,34,38)/t28-/m0/s1. The average Bonchev–Trinajstić information content (AvgIpc) is 2.99. The number of benzene rings is 3. The summed E-state index contributed by atoms with van der Waals surface area (Å²) in [6.07, 6.45) is 3.19. The molecular formula is C32H36N4O4. The van der Waals surface area contributed by atoms with E-state index in [0.29, 0.717) is 57.5 Å². The van der Waals surface area contributed by atoms with Crippen LogP contribution < -0.4 is 10.6 Å². The van der Waals surface area contributed by atoms with Crippen molar-refractivity contribution in [2.45, 2.75) is 31.7 Å². The first-order valence-corrected chi connectivity index (χ1v) is 13.8. The molecule has 3 aromatic rings. The zero-order chi connectivity index (χ0) is 28.3. The van der Waals surface area contributed by atoms with E-state index in [1.165, 1.54) is 6.08 Å². The Morgan fingerprint density at radius 2 is 1.50 bits per heavy atom. The first kappa shape index (κ1) is 28.5. The van der Waals surface area contributed by atoms with Crippen LogP contribution >= 0.6 is 0 Å². The first-order valence-electron chi connectivity index (χ1n) is 13.8. The minimum atomic E-state index is -0.674. The Bertz CT molecular complexity index is 1340. The van der Waals surface area contributed by atoms with Gasteiger partial charge < -0.3 is 20.4 Å². The molecule has 0 bridgehead atoms. The average molecular weight is 541 g/mol. The first-order chi connectivity index (χ1) is 19.5. The van der Waals surface area contributed by atoms with E-state index in [0.717, 1.165) is 16.3 Å². The van der Waals surface area contributed by atoms with Gasteiger partial charge in [0.1, 0.15) is 6.04 Å². The summed E-state index contributed by atoms with van der Waals surface area (Å²) >= 11 is 0. The van der Waals surface area contributed by atoms with Gasteiger partial charge in [-0.2, -0.15) is 0 Å². The summed E-state index contributed by atoms with van der Waals surface area (Å²) in [6, 6.07) is 22.3. The van der Waals surface area contributed by atoms with Crippen molar-refractivity contribution in [2.24, 2.45) is 0 Å². The van der Waals surface area contributed by atoms with Gasteiger partial charge in [0.2, 0.25) is 17.7 Å². The van der Waals surface area contributed by atoms with Crippen molar-refractivity contribution >= 4 is 34.4 Å². The molecule has 0 saturated carbocycles. The fraction of sp³-hybridized carbons (Fsp3) is 0.312. The zero-order valence-electron chi connectivity index (χ0n) is 22.7. The van der Waals surface area contributed by atoms with E-state index in [4.69, 9.17) is 0 Å². The van der Waals surface area contributed by atoms with Gasteiger partial charge in [0.15, 0.2) is 0 Å². The monoisotopic (exact) mass is 540 g/mol. The fourth-order valence-electron chi connectivity index (χ4n) is 4.97. The molecule has 1 aliphatic heterocycles. The highest BCUT2D eigenvalue weighted by atomic mass is 16.2. The number of nitrogens with zero attached hydrogens (tertiary/aromatic N) is 2. The molecule has 3 aromatic carbocycles. The van der Waals surface area contributed by atoms with Gasteiger partial charge in [0.25, 0.3) is 5.91 Å². The van der Waals surface area contributed by atoms with Gasteiger partial charge in [-0.3, -0.25) is 19.2 Å². The van der Waals surface area contributed by atoms with Gasteiger partial charge in [-0.1, -0.05) is 73.3 Å². The van der Waals surface area contributed by atoms with Crippen molar-refractivity contribution < 1.29 is 19.2 Å². The van der Waals surface area contributed by atoms with Gasteiger partial charge in [-0.25, -0.2) is 0 Å². The van der Waals surface area contributed by atoms with Gasteiger partial charge >= 0.3 is 0 Å². The Kier molecular flexibility index (Phi) is 10.0. The summed E-state index contributed by atoms with van der Waals surface area (Å²) in [5, 5.41) is 7.60. The molecule has 1 atom stereocenters. The highest BCUT2D eigenvalue weighted by Gasteiger charge is 2.30. The number of nitrogens with one attached hydrogen (secondary N) is 2. The van der Waals surface area contributed by atoms with Crippen LogP contribution in [0.4, 0.5) is 0 Å². The van der Waals surface area contributed by atoms with Crippen LogP contribution in [0, 0.1) is 0 Å². The summed E-state index contributed by atoms with van der Waals surface area (Å²) in [4.78, 5) is 54.6. The molecule has 0 spiro atoms. The second kappa shape index (κ2) is 14.1. The van der Waals surface area contributed by atoms with Crippen molar-refractivity contribution in [3.8, 4) is 0 Å². The highest BCUT2D eigenvalue weighted by molar-refractivity contribution is 6.07. The van der Waals surface area contributed by atoms with Crippen LogP contribution in [-0.2, 0) is 20.8 Å². The Morgan fingerprint density at radius 1 is 0.825 bits per heavy atom. The normalized spacial score (nSPS) is 13.9. The molecule has 0 radical (unpaired) electrons. The number of carbonyl (C=O) groups excluding carboxylic acids is 4. The summed E-state index contributed by atoms with van der Waals surface area (Å²) in [7, 11) is 0. The largest absolute Gasteiger partial charge is 0.353 e. The number of amides is 4. The lowest BCUT2D eigenvalue weighted by Gasteiger charge is -2.36. The molecule has 1 aliphatic rings. The maximum Gasteiger partial charge on any atom is 0.254 e. The molecule has 0 aromatic heterocycles. The Balaban J connectivity index is 1.36. The third kappa shape index (κ3) is 7.56. The van der Waals surface area contributed by atoms with E-state index < -0.39 is 6.04 Å². The van der Waals surface area contributed by atoms with Crippen molar-refractivity contribution in [3.63, 3.8) is 0 Å². The molecule has 8 nitrogen and oxygen atoms in total. The van der Waals surface area contributed by atoms with Crippen molar-refractivity contribution in [3.05, 3.63) is 96.6 Å².